The van der Waals surface area contributed by atoms with Gasteiger partial charge in [-0.05, 0) is 42.2 Å². The lowest BCUT2D eigenvalue weighted by atomic mass is 9.89. The quantitative estimate of drug-likeness (QED) is 0.526. The van der Waals surface area contributed by atoms with Crippen LogP contribution in [0.15, 0.2) is 53.6 Å². The van der Waals surface area contributed by atoms with Gasteiger partial charge in [0.1, 0.15) is 23.3 Å². The third kappa shape index (κ3) is 3.50. The van der Waals surface area contributed by atoms with Gasteiger partial charge in [-0.3, -0.25) is 9.36 Å². The summed E-state index contributed by atoms with van der Waals surface area (Å²) in [4.78, 5) is 19.7. The molecule has 2 aromatic heterocycles. The van der Waals surface area contributed by atoms with Gasteiger partial charge in [0.15, 0.2) is 0 Å². The molecule has 0 bridgehead atoms. The van der Waals surface area contributed by atoms with Gasteiger partial charge in [0.05, 0.1) is 18.3 Å². The van der Waals surface area contributed by atoms with Crippen molar-refractivity contribution in [2.45, 2.75) is 38.8 Å². The third-order valence-electron chi connectivity index (χ3n) is 5.87. The first-order valence-corrected chi connectivity index (χ1v) is 11.2. The molecule has 0 fully saturated rings. The zero-order chi connectivity index (χ0) is 20.7. The molecule has 2 heterocycles. The molecule has 5 nitrogen and oxygen atoms in total. The van der Waals surface area contributed by atoms with Gasteiger partial charge in [0.2, 0.25) is 0 Å². The Morgan fingerprint density at radius 3 is 3.00 bits per heavy atom. The van der Waals surface area contributed by atoms with E-state index in [2.05, 4.69) is 11.9 Å². The topological polar surface area (TPSA) is 64.3 Å². The summed E-state index contributed by atoms with van der Waals surface area (Å²) in [6.07, 6.45) is 3.81. The second kappa shape index (κ2) is 7.85. The number of ether oxygens (including phenoxy) is 1. The van der Waals surface area contributed by atoms with Crippen molar-refractivity contribution in [1.82, 2.24) is 9.55 Å². The van der Waals surface area contributed by atoms with Crippen LogP contribution in [0.1, 0.15) is 23.8 Å². The Bertz CT molecular complexity index is 1270. The van der Waals surface area contributed by atoms with E-state index in [1.165, 1.54) is 15.0 Å². The fourth-order valence-electron chi connectivity index (χ4n) is 4.28. The molecule has 0 saturated carbocycles. The maximum absolute atomic E-state index is 13.1. The van der Waals surface area contributed by atoms with Crippen molar-refractivity contribution < 1.29 is 9.84 Å². The fourth-order valence-corrected chi connectivity index (χ4v) is 5.62. The molecule has 0 saturated heterocycles. The van der Waals surface area contributed by atoms with E-state index in [4.69, 9.17) is 4.74 Å². The van der Waals surface area contributed by atoms with Gasteiger partial charge in [-0.25, -0.2) is 4.98 Å². The van der Waals surface area contributed by atoms with Gasteiger partial charge in [-0.1, -0.05) is 43.3 Å². The van der Waals surface area contributed by atoms with Crippen molar-refractivity contribution >= 4 is 32.3 Å². The highest BCUT2D eigenvalue weighted by atomic mass is 32.1. The lowest BCUT2D eigenvalue weighted by Gasteiger charge is -2.18. The number of thiophene rings is 1. The fraction of sp³-hybridized carbons (Fsp3) is 0.333. The van der Waals surface area contributed by atoms with Crippen molar-refractivity contribution in [3.05, 3.63) is 69.6 Å². The number of nitrogens with zero attached hydrogens (tertiary/aromatic N) is 2. The number of rotatable bonds is 5. The number of aryl methyl sites for hydroxylation is 1. The molecular weight excluding hydrogens is 396 g/mol. The average molecular weight is 421 g/mol. The Hall–Kier alpha value is -2.70. The molecule has 6 heteroatoms. The van der Waals surface area contributed by atoms with E-state index in [0.29, 0.717) is 5.92 Å². The normalized spacial score (nSPS) is 17.2. The van der Waals surface area contributed by atoms with Crippen LogP contribution in [0.2, 0.25) is 0 Å². The summed E-state index contributed by atoms with van der Waals surface area (Å²) in [6.45, 7) is 2.52. The molecule has 1 N–H and O–H groups in total. The van der Waals surface area contributed by atoms with Crippen LogP contribution < -0.4 is 10.3 Å². The average Bonchev–Trinajstić information content (AvgIpc) is 3.12. The van der Waals surface area contributed by atoms with Crippen molar-refractivity contribution in [3.8, 4) is 5.75 Å². The van der Waals surface area contributed by atoms with Crippen LogP contribution >= 0.6 is 11.3 Å². The first-order chi connectivity index (χ1) is 14.6. The van der Waals surface area contributed by atoms with Crippen LogP contribution in [0.25, 0.3) is 21.0 Å². The highest BCUT2D eigenvalue weighted by Gasteiger charge is 2.23. The minimum Gasteiger partial charge on any atom is -0.490 e. The minimum absolute atomic E-state index is 0.0590. The molecule has 30 heavy (non-hydrogen) atoms. The Morgan fingerprint density at radius 1 is 1.27 bits per heavy atom. The van der Waals surface area contributed by atoms with Gasteiger partial charge >= 0.3 is 0 Å². The summed E-state index contributed by atoms with van der Waals surface area (Å²) >= 11 is 1.64. The summed E-state index contributed by atoms with van der Waals surface area (Å²) < 4.78 is 7.40. The monoisotopic (exact) mass is 420 g/mol. The van der Waals surface area contributed by atoms with E-state index < -0.39 is 6.10 Å². The van der Waals surface area contributed by atoms with Gasteiger partial charge in [-0.15, -0.1) is 11.3 Å². The van der Waals surface area contributed by atoms with E-state index in [1.54, 1.807) is 17.7 Å². The molecule has 154 valence electrons. The Kier molecular flexibility index (Phi) is 5.05. The van der Waals surface area contributed by atoms with E-state index in [0.717, 1.165) is 46.0 Å². The number of aliphatic hydroxyl groups is 1. The van der Waals surface area contributed by atoms with Crippen molar-refractivity contribution in [3.63, 3.8) is 0 Å². The predicted octanol–water partition coefficient (Wildman–Crippen LogP) is 4.18. The molecular formula is C24H24N2O3S. The van der Waals surface area contributed by atoms with E-state index in [1.807, 2.05) is 42.5 Å². The lowest BCUT2D eigenvalue weighted by Crippen LogP contribution is -2.30. The third-order valence-corrected chi connectivity index (χ3v) is 7.03. The van der Waals surface area contributed by atoms with Crippen molar-refractivity contribution in [2.75, 3.05) is 6.61 Å². The van der Waals surface area contributed by atoms with Crippen LogP contribution in [0.5, 0.6) is 5.75 Å². The second-order valence-electron chi connectivity index (χ2n) is 8.18. The molecule has 1 aliphatic carbocycles. The summed E-state index contributed by atoms with van der Waals surface area (Å²) in [5.74, 6) is 1.38. The highest BCUT2D eigenvalue weighted by molar-refractivity contribution is 7.18. The van der Waals surface area contributed by atoms with Crippen molar-refractivity contribution in [2.24, 2.45) is 5.92 Å². The molecule has 1 aliphatic rings. The largest absolute Gasteiger partial charge is 0.490 e. The Morgan fingerprint density at radius 2 is 2.10 bits per heavy atom. The first kappa shape index (κ1) is 19.3. The summed E-state index contributed by atoms with van der Waals surface area (Å²) in [5, 5.41) is 13.4. The van der Waals surface area contributed by atoms with Crippen LogP contribution in [-0.2, 0) is 19.4 Å². The highest BCUT2D eigenvalue weighted by Crippen LogP contribution is 2.35. The maximum atomic E-state index is 13.1. The summed E-state index contributed by atoms with van der Waals surface area (Å²) in [6, 6.07) is 13.8. The molecule has 0 aliphatic heterocycles. The van der Waals surface area contributed by atoms with E-state index in [-0.39, 0.29) is 18.7 Å². The van der Waals surface area contributed by atoms with E-state index in [9.17, 15) is 9.90 Å². The smallest absolute Gasteiger partial charge is 0.262 e. The molecule has 5 rings (SSSR count). The first-order valence-electron chi connectivity index (χ1n) is 10.4. The van der Waals surface area contributed by atoms with Gasteiger partial charge in [-0.2, -0.15) is 0 Å². The van der Waals surface area contributed by atoms with Crippen LogP contribution in [0, 0.1) is 5.92 Å². The number of fused-ring (bicyclic) bond motifs is 4. The molecule has 4 aromatic rings. The van der Waals surface area contributed by atoms with Crippen molar-refractivity contribution in [1.29, 1.82) is 0 Å². The summed E-state index contributed by atoms with van der Waals surface area (Å²) in [5.41, 5.74) is 1.11. The Labute approximate surface area is 178 Å². The van der Waals surface area contributed by atoms with Gasteiger partial charge < -0.3 is 9.84 Å². The van der Waals surface area contributed by atoms with Gasteiger partial charge in [0, 0.05) is 10.3 Å². The standard InChI is InChI=1S/C24H24N2O3S/c1-15-9-10-19-21(11-15)30-23-22(19)24(28)26(14-25-23)12-17(27)13-29-20-8-4-6-16-5-2-3-7-18(16)20/h2-8,14-15,17,27H,9-13H2,1H3. The molecule has 2 unspecified atom stereocenters. The molecule has 0 amide bonds. The lowest BCUT2D eigenvalue weighted by molar-refractivity contribution is 0.0922. The SMILES string of the molecule is CC1CCc2c(sc3ncn(CC(O)COc4cccc5ccccc45)c(=O)c23)C1. The zero-order valence-corrected chi connectivity index (χ0v) is 17.7. The van der Waals surface area contributed by atoms with E-state index >= 15 is 0 Å². The minimum atomic E-state index is -0.810. The number of aromatic nitrogens is 2. The van der Waals surface area contributed by atoms with Crippen LogP contribution in [0.3, 0.4) is 0 Å². The van der Waals surface area contributed by atoms with Crippen LogP contribution in [-0.4, -0.2) is 27.4 Å². The maximum Gasteiger partial charge on any atom is 0.262 e. The predicted molar refractivity (Wildman–Crippen MR) is 121 cm³/mol. The summed E-state index contributed by atoms with van der Waals surface area (Å²) in [7, 11) is 0. The molecule has 0 radical (unpaired) electrons. The number of hydrogen-bond donors (Lipinski definition) is 1. The number of aliphatic hydroxyl groups excluding tert-OH is 1. The Balaban J connectivity index is 1.35. The second-order valence-corrected chi connectivity index (χ2v) is 9.26. The molecule has 2 aromatic carbocycles. The van der Waals surface area contributed by atoms with Gasteiger partial charge in [0.25, 0.3) is 5.56 Å². The zero-order valence-electron chi connectivity index (χ0n) is 16.9. The van der Waals surface area contributed by atoms with Crippen LogP contribution in [0.4, 0.5) is 0 Å². The number of benzene rings is 2. The molecule has 0 spiro atoms. The molecule has 2 atom stereocenters. The number of hydrogen-bond acceptors (Lipinski definition) is 5.